The van der Waals surface area contributed by atoms with Crippen LogP contribution in [0, 0.1) is 0 Å². The van der Waals surface area contributed by atoms with Crippen LogP contribution < -0.4 is 19.5 Å². The molecule has 7 heteroatoms. The van der Waals surface area contributed by atoms with Crippen molar-refractivity contribution in [3.05, 3.63) is 102 Å². The van der Waals surface area contributed by atoms with E-state index >= 15 is 0 Å². The third-order valence-electron chi connectivity index (χ3n) is 7.46. The van der Waals surface area contributed by atoms with Crippen molar-refractivity contribution in [1.82, 2.24) is 5.32 Å². The Morgan fingerprint density at radius 2 is 1.56 bits per heavy atom. The number of ether oxygens (including phenoxy) is 5. The first-order valence-electron chi connectivity index (χ1n) is 14.1. The van der Waals surface area contributed by atoms with Gasteiger partial charge in [0, 0.05) is 35.2 Å². The van der Waals surface area contributed by atoms with E-state index in [0.29, 0.717) is 32.3 Å². The van der Waals surface area contributed by atoms with Crippen LogP contribution in [-0.4, -0.2) is 46.6 Å². The monoisotopic (exact) mass is 621 g/mol. The van der Waals surface area contributed by atoms with Gasteiger partial charge in [0.1, 0.15) is 17.2 Å². The van der Waals surface area contributed by atoms with Gasteiger partial charge < -0.3 is 29.0 Å². The number of piperidine rings is 1. The first-order chi connectivity index (χ1) is 19.8. The zero-order valence-electron chi connectivity index (χ0n) is 23.8. The number of benzene rings is 4. The molecule has 0 saturated carbocycles. The highest BCUT2D eigenvalue weighted by atomic mass is 79.9. The number of hydrogen-bond donors (Lipinski definition) is 1. The summed E-state index contributed by atoms with van der Waals surface area (Å²) in [7, 11) is 3.41. The van der Waals surface area contributed by atoms with Crippen LogP contribution in [0.15, 0.2) is 84.9 Å². The molecule has 4 aromatic carbocycles. The largest absolute Gasteiger partial charge is 0.496 e. The number of hydrogen-bond acceptors (Lipinski definition) is 6. The van der Waals surface area contributed by atoms with Crippen LogP contribution in [0.2, 0.25) is 0 Å². The summed E-state index contributed by atoms with van der Waals surface area (Å²) in [5.41, 5.74) is 3.45. The van der Waals surface area contributed by atoms with E-state index in [2.05, 4.69) is 53.8 Å². The molecule has 6 nitrogen and oxygen atoms in total. The van der Waals surface area contributed by atoms with Crippen LogP contribution >= 0.6 is 17.0 Å². The van der Waals surface area contributed by atoms with Gasteiger partial charge in [0.15, 0.2) is 0 Å². The quantitative estimate of drug-likeness (QED) is 0.161. The number of halogens is 1. The standard InChI is InChI=1S/C34H39NO5.BrH/c1-36-32-21-27(34(37-2)31-12-7-6-11-30(31)32)24-40-33-22-35-18-17-29(33)26-13-15-28(16-14-26)39-20-8-19-38-23-25-9-4-3-5-10-25;/h3-7,9-16,21,29,33,35H,8,17-20,22-24H2,1-2H3;1H. The molecule has 2 atom stereocenters. The van der Waals surface area contributed by atoms with Crippen molar-refractivity contribution in [2.24, 2.45) is 0 Å². The topological polar surface area (TPSA) is 58.2 Å². The first-order valence-corrected chi connectivity index (χ1v) is 14.1. The lowest BCUT2D eigenvalue weighted by Crippen LogP contribution is -2.41. The lowest BCUT2D eigenvalue weighted by atomic mass is 9.87. The summed E-state index contributed by atoms with van der Waals surface area (Å²) in [5.74, 6) is 2.84. The Morgan fingerprint density at radius 1 is 0.805 bits per heavy atom. The SMILES string of the molecule is Br.COc1cc(COC2CNCCC2c2ccc(OCCCOCc3ccccc3)cc2)c(OC)c2ccccc12. The first kappa shape index (κ1) is 30.8. The molecule has 1 fully saturated rings. The van der Waals surface area contributed by atoms with Crippen molar-refractivity contribution in [2.45, 2.75) is 38.1 Å². The second-order valence-electron chi connectivity index (χ2n) is 10.1. The number of rotatable bonds is 13. The second-order valence-corrected chi connectivity index (χ2v) is 10.1. The van der Waals surface area contributed by atoms with E-state index in [4.69, 9.17) is 23.7 Å². The van der Waals surface area contributed by atoms with Crippen LogP contribution in [0.3, 0.4) is 0 Å². The summed E-state index contributed by atoms with van der Waals surface area (Å²) in [4.78, 5) is 0. The predicted octanol–water partition coefficient (Wildman–Crippen LogP) is 7.08. The molecule has 2 unspecified atom stereocenters. The molecule has 0 spiro atoms. The highest BCUT2D eigenvalue weighted by Gasteiger charge is 2.28. The van der Waals surface area contributed by atoms with E-state index < -0.39 is 0 Å². The van der Waals surface area contributed by atoms with Crippen molar-refractivity contribution < 1.29 is 23.7 Å². The smallest absolute Gasteiger partial charge is 0.132 e. The van der Waals surface area contributed by atoms with Gasteiger partial charge >= 0.3 is 0 Å². The molecule has 1 heterocycles. The molecule has 5 rings (SSSR count). The normalized spacial score (nSPS) is 16.6. The van der Waals surface area contributed by atoms with Gasteiger partial charge in [-0.05, 0) is 42.3 Å². The molecule has 0 bridgehead atoms. The van der Waals surface area contributed by atoms with Crippen LogP contribution in [-0.2, 0) is 22.7 Å². The fourth-order valence-corrected chi connectivity index (χ4v) is 5.40. The summed E-state index contributed by atoms with van der Waals surface area (Å²) in [6, 6.07) is 28.9. The van der Waals surface area contributed by atoms with Crippen molar-refractivity contribution >= 4 is 27.8 Å². The molecular weight excluding hydrogens is 582 g/mol. The third-order valence-corrected chi connectivity index (χ3v) is 7.46. The number of nitrogens with one attached hydrogen (secondary N) is 1. The molecule has 1 saturated heterocycles. The predicted molar refractivity (Wildman–Crippen MR) is 169 cm³/mol. The molecule has 0 radical (unpaired) electrons. The average Bonchev–Trinajstić information content (AvgIpc) is 3.02. The zero-order chi connectivity index (χ0) is 27.6. The maximum atomic E-state index is 6.55. The van der Waals surface area contributed by atoms with Crippen molar-refractivity contribution in [3.63, 3.8) is 0 Å². The molecular formula is C34H40BrNO5. The van der Waals surface area contributed by atoms with E-state index in [0.717, 1.165) is 59.5 Å². The molecule has 0 aliphatic carbocycles. The Hall–Kier alpha value is -3.10. The van der Waals surface area contributed by atoms with Gasteiger partial charge in [-0.1, -0.05) is 66.7 Å². The van der Waals surface area contributed by atoms with E-state index in [1.165, 1.54) is 11.1 Å². The Morgan fingerprint density at radius 3 is 2.32 bits per heavy atom. The lowest BCUT2D eigenvalue weighted by molar-refractivity contribution is 0.00983. The van der Waals surface area contributed by atoms with Gasteiger partial charge in [0.05, 0.1) is 46.8 Å². The summed E-state index contributed by atoms with van der Waals surface area (Å²) in [5, 5.41) is 5.56. The summed E-state index contributed by atoms with van der Waals surface area (Å²) in [6.07, 6.45) is 1.91. The molecule has 1 aliphatic heterocycles. The van der Waals surface area contributed by atoms with Crippen LogP contribution in [0.5, 0.6) is 17.2 Å². The van der Waals surface area contributed by atoms with E-state index in [-0.39, 0.29) is 23.1 Å². The van der Waals surface area contributed by atoms with Crippen LogP contribution in [0.4, 0.5) is 0 Å². The maximum absolute atomic E-state index is 6.55. The lowest BCUT2D eigenvalue weighted by Gasteiger charge is -2.33. The van der Waals surface area contributed by atoms with E-state index in [1.54, 1.807) is 14.2 Å². The maximum Gasteiger partial charge on any atom is 0.132 e. The highest BCUT2D eigenvalue weighted by Crippen LogP contribution is 2.38. The van der Waals surface area contributed by atoms with Crippen molar-refractivity contribution in [2.75, 3.05) is 40.5 Å². The van der Waals surface area contributed by atoms with Crippen LogP contribution in [0.1, 0.15) is 35.4 Å². The Balaban J connectivity index is 0.00000387. The number of fused-ring (bicyclic) bond motifs is 1. The minimum absolute atomic E-state index is 0. The molecule has 0 amide bonds. The van der Waals surface area contributed by atoms with Crippen molar-refractivity contribution in [1.29, 1.82) is 0 Å². The summed E-state index contributed by atoms with van der Waals surface area (Å²) in [6.45, 7) is 4.16. The third kappa shape index (κ3) is 8.01. The van der Waals surface area contributed by atoms with Crippen LogP contribution in [0.25, 0.3) is 10.8 Å². The molecule has 1 aliphatic rings. The molecule has 41 heavy (non-hydrogen) atoms. The fraction of sp³-hybridized carbons (Fsp3) is 0.353. The van der Waals surface area contributed by atoms with Gasteiger partial charge in [-0.15, -0.1) is 17.0 Å². The van der Waals surface area contributed by atoms with Gasteiger partial charge in [0.2, 0.25) is 0 Å². The minimum atomic E-state index is 0. The van der Waals surface area contributed by atoms with E-state index in [9.17, 15) is 0 Å². The summed E-state index contributed by atoms with van der Waals surface area (Å²) >= 11 is 0. The van der Waals surface area contributed by atoms with E-state index in [1.807, 2.05) is 36.4 Å². The Labute approximate surface area is 253 Å². The highest BCUT2D eigenvalue weighted by molar-refractivity contribution is 8.93. The zero-order valence-corrected chi connectivity index (χ0v) is 25.6. The fourth-order valence-electron chi connectivity index (χ4n) is 5.40. The summed E-state index contributed by atoms with van der Waals surface area (Å²) < 4.78 is 29.8. The molecule has 1 N–H and O–H groups in total. The molecule has 0 aromatic heterocycles. The number of methoxy groups -OCH3 is 2. The second kappa shape index (κ2) is 15.8. The Bertz CT molecular complexity index is 1350. The van der Waals surface area contributed by atoms with Gasteiger partial charge in [-0.3, -0.25) is 0 Å². The average molecular weight is 623 g/mol. The van der Waals surface area contributed by atoms with Crippen molar-refractivity contribution in [3.8, 4) is 17.2 Å². The van der Waals surface area contributed by atoms with Gasteiger partial charge in [-0.25, -0.2) is 0 Å². The Kier molecular flexibility index (Phi) is 11.9. The van der Waals surface area contributed by atoms with Gasteiger partial charge in [0.25, 0.3) is 0 Å². The molecule has 218 valence electrons. The molecule has 4 aromatic rings. The minimum Gasteiger partial charge on any atom is -0.496 e. The van der Waals surface area contributed by atoms with Gasteiger partial charge in [-0.2, -0.15) is 0 Å².